The van der Waals surface area contributed by atoms with Crippen molar-refractivity contribution < 1.29 is 23.8 Å². The van der Waals surface area contributed by atoms with E-state index in [9.17, 15) is 19.1 Å². The molecule has 1 saturated heterocycles. The van der Waals surface area contributed by atoms with E-state index in [0.717, 1.165) is 0 Å². The number of carbonyl (C=O) groups excluding carboxylic acids is 1. The molecule has 1 atom stereocenters. The Labute approximate surface area is 136 Å². The molecule has 0 bridgehead atoms. The van der Waals surface area contributed by atoms with Gasteiger partial charge in [-0.1, -0.05) is 5.21 Å². The summed E-state index contributed by atoms with van der Waals surface area (Å²) in [7, 11) is 0. The van der Waals surface area contributed by atoms with E-state index in [2.05, 4.69) is 10.3 Å². The largest absolute Gasteiger partial charge is 0.480 e. The van der Waals surface area contributed by atoms with Crippen molar-refractivity contribution in [2.75, 3.05) is 19.8 Å². The highest BCUT2D eigenvalue weighted by Crippen LogP contribution is 2.17. The molecule has 0 saturated carbocycles. The molecule has 1 fully saturated rings. The van der Waals surface area contributed by atoms with Gasteiger partial charge in [-0.2, -0.15) is 0 Å². The summed E-state index contributed by atoms with van der Waals surface area (Å²) < 4.78 is 19.6. The van der Waals surface area contributed by atoms with Crippen LogP contribution in [-0.4, -0.2) is 62.7 Å². The lowest BCUT2D eigenvalue weighted by Crippen LogP contribution is -2.52. The van der Waals surface area contributed by atoms with Gasteiger partial charge in [-0.3, -0.25) is 4.79 Å². The SMILES string of the molecule is Cc1c(C(=O)N2CCOC[C@@H]2C(=O)O)nnn1-c1ccc(F)cc1. The van der Waals surface area contributed by atoms with Crippen LogP contribution in [0.5, 0.6) is 0 Å². The number of benzene rings is 1. The zero-order valence-electron chi connectivity index (χ0n) is 12.8. The minimum absolute atomic E-state index is 0.0625. The second-order valence-electron chi connectivity index (χ2n) is 5.34. The third kappa shape index (κ3) is 2.85. The molecule has 1 aliphatic rings. The van der Waals surface area contributed by atoms with Crippen LogP contribution in [0.2, 0.25) is 0 Å². The van der Waals surface area contributed by atoms with E-state index in [1.165, 1.54) is 33.8 Å². The summed E-state index contributed by atoms with van der Waals surface area (Å²) in [6, 6.07) is 4.53. The molecular weight excluding hydrogens is 319 g/mol. The summed E-state index contributed by atoms with van der Waals surface area (Å²) in [6.45, 7) is 2.01. The first-order valence-electron chi connectivity index (χ1n) is 7.29. The van der Waals surface area contributed by atoms with Gasteiger partial charge in [0, 0.05) is 6.54 Å². The molecule has 0 unspecified atom stereocenters. The molecule has 1 amide bonds. The van der Waals surface area contributed by atoms with E-state index in [1.807, 2.05) is 0 Å². The maximum atomic E-state index is 13.0. The highest BCUT2D eigenvalue weighted by Gasteiger charge is 2.35. The van der Waals surface area contributed by atoms with Crippen molar-refractivity contribution in [2.24, 2.45) is 0 Å². The fraction of sp³-hybridized carbons (Fsp3) is 0.333. The molecule has 24 heavy (non-hydrogen) atoms. The molecule has 1 aromatic heterocycles. The van der Waals surface area contributed by atoms with Crippen LogP contribution in [0.4, 0.5) is 4.39 Å². The molecule has 2 aromatic rings. The minimum atomic E-state index is -1.13. The van der Waals surface area contributed by atoms with Crippen LogP contribution in [-0.2, 0) is 9.53 Å². The van der Waals surface area contributed by atoms with Crippen molar-refractivity contribution in [3.05, 3.63) is 41.5 Å². The van der Waals surface area contributed by atoms with Crippen molar-refractivity contribution >= 4 is 11.9 Å². The third-order valence-electron chi connectivity index (χ3n) is 3.84. The second kappa shape index (κ2) is 6.36. The van der Waals surface area contributed by atoms with Gasteiger partial charge < -0.3 is 14.7 Å². The predicted octanol–water partition coefficient (Wildman–Crippen LogP) is 0.640. The van der Waals surface area contributed by atoms with E-state index in [0.29, 0.717) is 11.4 Å². The highest BCUT2D eigenvalue weighted by atomic mass is 19.1. The van der Waals surface area contributed by atoms with E-state index in [1.54, 1.807) is 6.92 Å². The summed E-state index contributed by atoms with van der Waals surface area (Å²) in [5.74, 6) is -2.03. The fourth-order valence-electron chi connectivity index (χ4n) is 2.54. The third-order valence-corrected chi connectivity index (χ3v) is 3.84. The molecule has 3 rings (SSSR count). The molecule has 0 aliphatic carbocycles. The Morgan fingerprint density at radius 2 is 2.04 bits per heavy atom. The number of rotatable bonds is 3. The summed E-state index contributed by atoms with van der Waals surface area (Å²) in [6.07, 6.45) is 0. The number of aromatic nitrogens is 3. The number of hydrogen-bond donors (Lipinski definition) is 1. The van der Waals surface area contributed by atoms with Crippen molar-refractivity contribution in [1.29, 1.82) is 0 Å². The van der Waals surface area contributed by atoms with Crippen LogP contribution in [0, 0.1) is 12.7 Å². The number of hydrogen-bond acceptors (Lipinski definition) is 5. The number of ether oxygens (including phenoxy) is 1. The molecule has 1 aromatic carbocycles. The molecule has 0 radical (unpaired) electrons. The van der Waals surface area contributed by atoms with Gasteiger partial charge in [0.1, 0.15) is 5.82 Å². The smallest absolute Gasteiger partial charge is 0.328 e. The number of halogens is 1. The van der Waals surface area contributed by atoms with E-state index < -0.39 is 17.9 Å². The number of carboxylic acid groups (broad SMARTS) is 1. The standard InChI is InChI=1S/C15H15FN4O4/c1-9-13(14(21)19-6-7-24-8-12(19)15(22)23)17-18-20(9)11-4-2-10(16)3-5-11/h2-5,12H,6-8H2,1H3,(H,22,23)/t12-/m1/s1. The quantitative estimate of drug-likeness (QED) is 0.885. The monoisotopic (exact) mass is 334 g/mol. The molecule has 9 heteroatoms. The van der Waals surface area contributed by atoms with Crippen LogP contribution in [0.25, 0.3) is 5.69 Å². The van der Waals surface area contributed by atoms with Crippen molar-refractivity contribution in [2.45, 2.75) is 13.0 Å². The van der Waals surface area contributed by atoms with Crippen LogP contribution in [0.3, 0.4) is 0 Å². The van der Waals surface area contributed by atoms with Gasteiger partial charge >= 0.3 is 5.97 Å². The maximum absolute atomic E-state index is 13.0. The van der Waals surface area contributed by atoms with Crippen LogP contribution < -0.4 is 0 Å². The highest BCUT2D eigenvalue weighted by molar-refractivity contribution is 5.96. The van der Waals surface area contributed by atoms with Crippen LogP contribution in [0.15, 0.2) is 24.3 Å². The van der Waals surface area contributed by atoms with Crippen molar-refractivity contribution in [3.63, 3.8) is 0 Å². The average Bonchev–Trinajstić information content (AvgIpc) is 2.96. The first-order chi connectivity index (χ1) is 11.5. The van der Waals surface area contributed by atoms with Crippen molar-refractivity contribution in [1.82, 2.24) is 19.9 Å². The summed E-state index contributed by atoms with van der Waals surface area (Å²) in [5, 5.41) is 17.0. The fourth-order valence-corrected chi connectivity index (χ4v) is 2.54. The zero-order chi connectivity index (χ0) is 17.3. The Bertz CT molecular complexity index is 774. The number of aliphatic carboxylic acids is 1. The van der Waals surface area contributed by atoms with Gasteiger partial charge in [0.2, 0.25) is 0 Å². The maximum Gasteiger partial charge on any atom is 0.328 e. The molecule has 1 aliphatic heterocycles. The molecular formula is C15H15FN4O4. The van der Waals surface area contributed by atoms with Crippen LogP contribution >= 0.6 is 0 Å². The van der Waals surface area contributed by atoms with Gasteiger partial charge in [-0.05, 0) is 31.2 Å². The van der Waals surface area contributed by atoms with E-state index in [-0.39, 0.29) is 31.3 Å². The summed E-state index contributed by atoms with van der Waals surface area (Å²) >= 11 is 0. The first kappa shape index (κ1) is 16.1. The number of nitrogens with zero attached hydrogens (tertiary/aromatic N) is 4. The Hall–Kier alpha value is -2.81. The lowest BCUT2D eigenvalue weighted by Gasteiger charge is -2.32. The predicted molar refractivity (Wildman–Crippen MR) is 79.3 cm³/mol. The van der Waals surface area contributed by atoms with Crippen molar-refractivity contribution in [3.8, 4) is 5.69 Å². The molecule has 1 N–H and O–H groups in total. The summed E-state index contributed by atoms with van der Waals surface area (Å²) in [5.41, 5.74) is 1.06. The molecule has 126 valence electrons. The number of amides is 1. The van der Waals surface area contributed by atoms with Gasteiger partial charge in [-0.25, -0.2) is 13.9 Å². The molecule has 2 heterocycles. The average molecular weight is 334 g/mol. The second-order valence-corrected chi connectivity index (χ2v) is 5.34. The Balaban J connectivity index is 1.91. The first-order valence-corrected chi connectivity index (χ1v) is 7.29. The van der Waals surface area contributed by atoms with Crippen LogP contribution in [0.1, 0.15) is 16.2 Å². The number of morpholine rings is 1. The normalized spacial score (nSPS) is 17.8. The van der Waals surface area contributed by atoms with E-state index >= 15 is 0 Å². The lowest BCUT2D eigenvalue weighted by atomic mass is 10.2. The summed E-state index contributed by atoms with van der Waals surface area (Å²) in [4.78, 5) is 25.2. The van der Waals surface area contributed by atoms with Gasteiger partial charge in [0.05, 0.1) is 24.6 Å². The Kier molecular flexibility index (Phi) is 4.26. The number of carboxylic acids is 1. The number of carbonyl (C=O) groups is 2. The Morgan fingerprint density at radius 1 is 1.33 bits per heavy atom. The minimum Gasteiger partial charge on any atom is -0.480 e. The van der Waals surface area contributed by atoms with Gasteiger partial charge in [-0.15, -0.1) is 5.10 Å². The Morgan fingerprint density at radius 3 is 2.71 bits per heavy atom. The molecule has 8 nitrogen and oxygen atoms in total. The molecule has 0 spiro atoms. The zero-order valence-corrected chi connectivity index (χ0v) is 12.8. The van der Waals surface area contributed by atoms with E-state index in [4.69, 9.17) is 4.74 Å². The topological polar surface area (TPSA) is 97.6 Å². The lowest BCUT2D eigenvalue weighted by molar-refractivity contribution is -0.147. The van der Waals surface area contributed by atoms with Gasteiger partial charge in [0.15, 0.2) is 11.7 Å². The van der Waals surface area contributed by atoms with Gasteiger partial charge in [0.25, 0.3) is 5.91 Å².